The molecule has 0 aliphatic carbocycles. The van der Waals surface area contributed by atoms with Crippen molar-refractivity contribution in [1.29, 1.82) is 0 Å². The highest BCUT2D eigenvalue weighted by molar-refractivity contribution is 6.07. The van der Waals surface area contributed by atoms with E-state index >= 15 is 0 Å². The van der Waals surface area contributed by atoms with E-state index in [2.05, 4.69) is 15.5 Å². The number of H-pyrrole nitrogens is 2. The standard InChI is InChI=1S/C17H12N4O5/c22-14(9-6-10-4-7-11(8-5-10)21(25)26)18-13-3-1-2-12-15(13)17(24)20-19-16(12)23/h1-9H,(H,18,22)(H,19,23)(H,20,24)/b9-6+. The molecule has 0 aliphatic rings. The number of nitro benzene ring substituents is 1. The summed E-state index contributed by atoms with van der Waals surface area (Å²) in [7, 11) is 0. The summed E-state index contributed by atoms with van der Waals surface area (Å²) < 4.78 is 0. The van der Waals surface area contributed by atoms with Gasteiger partial charge in [0.25, 0.3) is 16.8 Å². The maximum absolute atomic E-state index is 12.1. The largest absolute Gasteiger partial charge is 0.322 e. The first-order valence-corrected chi connectivity index (χ1v) is 7.43. The monoisotopic (exact) mass is 352 g/mol. The number of nitrogens with zero attached hydrogens (tertiary/aromatic N) is 1. The molecule has 0 unspecified atom stereocenters. The number of hydrogen-bond acceptors (Lipinski definition) is 5. The SMILES string of the molecule is O=C(/C=C/c1ccc([N+](=O)[O-])cc1)Nc1cccc2c(=O)[nH][nH]c(=O)c12. The first-order chi connectivity index (χ1) is 12.5. The fourth-order valence-electron chi connectivity index (χ4n) is 2.39. The number of amides is 1. The van der Waals surface area contributed by atoms with Crippen LogP contribution in [0.1, 0.15) is 5.56 Å². The lowest BCUT2D eigenvalue weighted by Crippen LogP contribution is -2.21. The molecule has 0 aliphatic heterocycles. The number of carbonyl (C=O) groups is 1. The van der Waals surface area contributed by atoms with Crippen LogP contribution in [0.15, 0.2) is 58.1 Å². The van der Waals surface area contributed by atoms with Crippen LogP contribution in [-0.4, -0.2) is 21.0 Å². The summed E-state index contributed by atoms with van der Waals surface area (Å²) in [5.74, 6) is -0.518. The smallest absolute Gasteiger partial charge is 0.272 e. The highest BCUT2D eigenvalue weighted by atomic mass is 16.6. The summed E-state index contributed by atoms with van der Waals surface area (Å²) in [4.78, 5) is 45.9. The number of nitrogens with one attached hydrogen (secondary N) is 3. The number of anilines is 1. The first kappa shape index (κ1) is 16.8. The van der Waals surface area contributed by atoms with Gasteiger partial charge in [-0.25, -0.2) is 0 Å². The second-order valence-corrected chi connectivity index (χ2v) is 5.31. The first-order valence-electron chi connectivity index (χ1n) is 7.43. The predicted octanol–water partition coefficient (Wildman–Crippen LogP) is 1.78. The highest BCUT2D eigenvalue weighted by Crippen LogP contribution is 2.17. The molecule has 3 aromatic rings. The number of aromatic nitrogens is 2. The van der Waals surface area contributed by atoms with E-state index < -0.39 is 21.9 Å². The third-order valence-electron chi connectivity index (χ3n) is 3.61. The molecule has 1 aromatic heterocycles. The molecule has 0 radical (unpaired) electrons. The van der Waals surface area contributed by atoms with Crippen LogP contribution < -0.4 is 16.4 Å². The zero-order valence-electron chi connectivity index (χ0n) is 13.2. The average molecular weight is 352 g/mol. The molecule has 0 atom stereocenters. The van der Waals surface area contributed by atoms with Gasteiger partial charge in [0, 0.05) is 18.2 Å². The van der Waals surface area contributed by atoms with E-state index in [1.54, 1.807) is 6.07 Å². The van der Waals surface area contributed by atoms with Crippen molar-refractivity contribution in [3.63, 3.8) is 0 Å². The molecule has 3 rings (SSSR count). The Kier molecular flexibility index (Phi) is 4.44. The van der Waals surface area contributed by atoms with Gasteiger partial charge in [-0.3, -0.25) is 34.7 Å². The van der Waals surface area contributed by atoms with Crippen molar-refractivity contribution < 1.29 is 9.72 Å². The van der Waals surface area contributed by atoms with E-state index in [4.69, 9.17) is 0 Å². The van der Waals surface area contributed by atoms with Crippen molar-refractivity contribution in [2.24, 2.45) is 0 Å². The van der Waals surface area contributed by atoms with Gasteiger partial charge in [0.15, 0.2) is 0 Å². The number of hydrogen-bond donors (Lipinski definition) is 3. The van der Waals surface area contributed by atoms with Crippen LogP contribution in [0.2, 0.25) is 0 Å². The molecule has 26 heavy (non-hydrogen) atoms. The molecule has 0 saturated carbocycles. The zero-order chi connectivity index (χ0) is 18.7. The van der Waals surface area contributed by atoms with E-state index in [1.807, 2.05) is 0 Å². The van der Waals surface area contributed by atoms with Crippen molar-refractivity contribution in [1.82, 2.24) is 10.2 Å². The Bertz CT molecular complexity index is 1140. The second kappa shape index (κ2) is 6.85. The number of aromatic amines is 2. The van der Waals surface area contributed by atoms with Crippen LogP contribution in [-0.2, 0) is 4.79 Å². The van der Waals surface area contributed by atoms with Crippen molar-refractivity contribution >= 4 is 34.1 Å². The van der Waals surface area contributed by atoms with Gasteiger partial charge in [-0.2, -0.15) is 0 Å². The number of fused-ring (bicyclic) bond motifs is 1. The van der Waals surface area contributed by atoms with Crippen molar-refractivity contribution in [2.75, 3.05) is 5.32 Å². The molecule has 2 aromatic carbocycles. The van der Waals surface area contributed by atoms with E-state index in [1.165, 1.54) is 48.6 Å². The lowest BCUT2D eigenvalue weighted by Gasteiger charge is -2.05. The predicted molar refractivity (Wildman–Crippen MR) is 95.9 cm³/mol. The van der Waals surface area contributed by atoms with Crippen LogP contribution in [0, 0.1) is 10.1 Å². The van der Waals surface area contributed by atoms with E-state index in [0.717, 1.165) is 0 Å². The van der Waals surface area contributed by atoms with E-state index in [0.29, 0.717) is 5.56 Å². The minimum Gasteiger partial charge on any atom is -0.322 e. The topological polar surface area (TPSA) is 138 Å². The number of non-ortho nitro benzene ring substituents is 1. The molecule has 130 valence electrons. The summed E-state index contributed by atoms with van der Waals surface area (Å²) >= 11 is 0. The van der Waals surface area contributed by atoms with Crippen LogP contribution in [0.4, 0.5) is 11.4 Å². The lowest BCUT2D eigenvalue weighted by atomic mass is 10.1. The molecule has 1 amide bonds. The Morgan fingerprint density at radius 3 is 2.42 bits per heavy atom. The van der Waals surface area contributed by atoms with Crippen LogP contribution in [0.5, 0.6) is 0 Å². The fraction of sp³-hybridized carbons (Fsp3) is 0. The van der Waals surface area contributed by atoms with Gasteiger partial charge in [0.05, 0.1) is 21.4 Å². The Labute approximate surface area is 145 Å². The number of carbonyl (C=O) groups excluding carboxylic acids is 1. The molecule has 0 spiro atoms. The molecule has 9 heteroatoms. The van der Waals surface area contributed by atoms with Crippen molar-refractivity contribution in [3.8, 4) is 0 Å². The molecular formula is C17H12N4O5. The van der Waals surface area contributed by atoms with Crippen LogP contribution in [0.3, 0.4) is 0 Å². The van der Waals surface area contributed by atoms with Gasteiger partial charge < -0.3 is 5.32 Å². The molecule has 3 N–H and O–H groups in total. The van der Waals surface area contributed by atoms with Gasteiger partial charge >= 0.3 is 0 Å². The summed E-state index contributed by atoms with van der Waals surface area (Å²) in [6.45, 7) is 0. The van der Waals surface area contributed by atoms with E-state index in [-0.39, 0.29) is 22.1 Å². The maximum atomic E-state index is 12.1. The quantitative estimate of drug-likeness (QED) is 0.373. The Morgan fingerprint density at radius 2 is 1.73 bits per heavy atom. The Hall–Kier alpha value is -4.01. The van der Waals surface area contributed by atoms with Gasteiger partial charge in [0.2, 0.25) is 5.91 Å². The van der Waals surface area contributed by atoms with E-state index in [9.17, 15) is 24.5 Å². The minimum absolute atomic E-state index is 0.0493. The number of rotatable bonds is 4. The van der Waals surface area contributed by atoms with Crippen molar-refractivity contribution in [3.05, 3.63) is 84.9 Å². The zero-order valence-corrected chi connectivity index (χ0v) is 13.2. The molecule has 0 bridgehead atoms. The Balaban J connectivity index is 1.83. The minimum atomic E-state index is -0.533. The van der Waals surface area contributed by atoms with Crippen molar-refractivity contribution in [2.45, 2.75) is 0 Å². The third kappa shape index (κ3) is 3.41. The van der Waals surface area contributed by atoms with Gasteiger partial charge in [-0.15, -0.1) is 0 Å². The summed E-state index contributed by atoms with van der Waals surface area (Å²) in [6, 6.07) is 10.2. The molecule has 0 fully saturated rings. The number of benzene rings is 2. The Morgan fingerprint density at radius 1 is 1.04 bits per heavy atom. The molecular weight excluding hydrogens is 340 g/mol. The molecule has 0 saturated heterocycles. The van der Waals surface area contributed by atoms with Gasteiger partial charge in [-0.05, 0) is 35.9 Å². The second-order valence-electron chi connectivity index (χ2n) is 5.31. The third-order valence-corrected chi connectivity index (χ3v) is 3.61. The van der Waals surface area contributed by atoms with Gasteiger partial charge in [-0.1, -0.05) is 6.07 Å². The fourth-order valence-corrected chi connectivity index (χ4v) is 2.39. The van der Waals surface area contributed by atoms with Crippen LogP contribution in [0.25, 0.3) is 16.8 Å². The number of nitro groups is 1. The maximum Gasteiger partial charge on any atom is 0.272 e. The average Bonchev–Trinajstić information content (AvgIpc) is 2.63. The summed E-state index contributed by atoms with van der Waals surface area (Å²) in [5.41, 5.74) is -0.259. The normalized spacial score (nSPS) is 10.9. The molecule has 1 heterocycles. The highest BCUT2D eigenvalue weighted by Gasteiger charge is 2.09. The summed E-state index contributed by atoms with van der Waals surface area (Å²) in [5, 5.41) is 17.8. The lowest BCUT2D eigenvalue weighted by molar-refractivity contribution is -0.384. The van der Waals surface area contributed by atoms with Gasteiger partial charge in [0.1, 0.15) is 0 Å². The molecule has 9 nitrogen and oxygen atoms in total. The summed E-state index contributed by atoms with van der Waals surface area (Å²) in [6.07, 6.45) is 2.70. The van der Waals surface area contributed by atoms with Crippen LogP contribution >= 0.6 is 0 Å².